The van der Waals surface area contributed by atoms with Gasteiger partial charge in [-0.3, -0.25) is 4.79 Å². The molecular formula is C20H19FN2O. The van der Waals surface area contributed by atoms with Gasteiger partial charge in [-0.2, -0.15) is 0 Å². The van der Waals surface area contributed by atoms with E-state index in [1.54, 1.807) is 25.1 Å². The van der Waals surface area contributed by atoms with Gasteiger partial charge >= 0.3 is 0 Å². The number of para-hydroxylation sites is 1. The van der Waals surface area contributed by atoms with Gasteiger partial charge in [0.1, 0.15) is 11.9 Å². The standard InChI is InChI=1S/C20H19FN2O/c1-14(20(24)22-19-10-6-5-9-18(19)21)23(2)17-12-11-15-7-3-4-8-16(15)13-17/h3-14H,1-2H3,(H,22,24)/t14-/m1/s1. The zero-order chi connectivity index (χ0) is 17.1. The van der Waals surface area contributed by atoms with Crippen molar-refractivity contribution in [1.29, 1.82) is 0 Å². The van der Waals surface area contributed by atoms with Crippen LogP contribution in [0.4, 0.5) is 15.8 Å². The molecule has 3 rings (SSSR count). The highest BCUT2D eigenvalue weighted by Gasteiger charge is 2.19. The number of benzene rings is 3. The first-order valence-electron chi connectivity index (χ1n) is 7.83. The predicted octanol–water partition coefficient (Wildman–Crippen LogP) is 4.44. The summed E-state index contributed by atoms with van der Waals surface area (Å²) in [5, 5.41) is 4.91. The van der Waals surface area contributed by atoms with E-state index in [1.807, 2.05) is 54.4 Å². The molecule has 0 aliphatic heterocycles. The number of anilines is 2. The number of halogens is 1. The van der Waals surface area contributed by atoms with Crippen molar-refractivity contribution < 1.29 is 9.18 Å². The monoisotopic (exact) mass is 322 g/mol. The maximum absolute atomic E-state index is 13.7. The van der Waals surface area contributed by atoms with Crippen molar-refractivity contribution >= 4 is 28.1 Å². The fraction of sp³-hybridized carbons (Fsp3) is 0.150. The summed E-state index contributed by atoms with van der Waals surface area (Å²) in [4.78, 5) is 14.3. The Kier molecular flexibility index (Phi) is 4.47. The Hall–Kier alpha value is -2.88. The molecule has 24 heavy (non-hydrogen) atoms. The van der Waals surface area contributed by atoms with E-state index in [9.17, 15) is 9.18 Å². The van der Waals surface area contributed by atoms with Gasteiger partial charge in [0.25, 0.3) is 0 Å². The molecule has 3 aromatic rings. The molecule has 0 radical (unpaired) electrons. The lowest BCUT2D eigenvalue weighted by Gasteiger charge is -2.26. The van der Waals surface area contributed by atoms with E-state index < -0.39 is 11.9 Å². The molecule has 0 unspecified atom stereocenters. The van der Waals surface area contributed by atoms with E-state index in [4.69, 9.17) is 0 Å². The Labute approximate surface area is 140 Å². The maximum atomic E-state index is 13.7. The molecule has 4 heteroatoms. The summed E-state index contributed by atoms with van der Waals surface area (Å²) in [6.45, 7) is 1.80. The number of hydrogen-bond acceptors (Lipinski definition) is 2. The number of amides is 1. The number of hydrogen-bond donors (Lipinski definition) is 1. The van der Waals surface area contributed by atoms with Gasteiger partial charge in [0.2, 0.25) is 5.91 Å². The molecule has 3 nitrogen and oxygen atoms in total. The smallest absolute Gasteiger partial charge is 0.246 e. The molecule has 0 bridgehead atoms. The summed E-state index contributed by atoms with van der Waals surface area (Å²) in [7, 11) is 1.86. The molecule has 1 amide bonds. The summed E-state index contributed by atoms with van der Waals surface area (Å²) in [5.41, 5.74) is 1.13. The Morgan fingerprint density at radius 2 is 1.67 bits per heavy atom. The van der Waals surface area contributed by atoms with Gasteiger partial charge < -0.3 is 10.2 Å². The molecule has 0 saturated carbocycles. The minimum Gasteiger partial charge on any atom is -0.363 e. The molecule has 3 aromatic carbocycles. The lowest BCUT2D eigenvalue weighted by Crippen LogP contribution is -2.39. The summed E-state index contributed by atoms with van der Waals surface area (Å²) in [6, 6.07) is 19.8. The molecule has 0 aliphatic carbocycles. The molecular weight excluding hydrogens is 303 g/mol. The van der Waals surface area contributed by atoms with Crippen molar-refractivity contribution in [2.24, 2.45) is 0 Å². The van der Waals surface area contributed by atoms with Crippen molar-refractivity contribution in [3.63, 3.8) is 0 Å². The number of fused-ring (bicyclic) bond motifs is 1. The van der Waals surface area contributed by atoms with Crippen molar-refractivity contribution in [1.82, 2.24) is 0 Å². The second-order valence-corrected chi connectivity index (χ2v) is 5.79. The van der Waals surface area contributed by atoms with Gasteiger partial charge in [-0.15, -0.1) is 0 Å². The zero-order valence-corrected chi connectivity index (χ0v) is 13.7. The van der Waals surface area contributed by atoms with E-state index in [1.165, 1.54) is 6.07 Å². The van der Waals surface area contributed by atoms with Crippen LogP contribution in [0.2, 0.25) is 0 Å². The van der Waals surface area contributed by atoms with E-state index in [2.05, 4.69) is 5.32 Å². The third-order valence-electron chi connectivity index (χ3n) is 4.23. The maximum Gasteiger partial charge on any atom is 0.246 e. The molecule has 1 atom stereocenters. The lowest BCUT2D eigenvalue weighted by atomic mass is 10.1. The average molecular weight is 322 g/mol. The summed E-state index contributed by atoms with van der Waals surface area (Å²) < 4.78 is 13.7. The minimum atomic E-state index is -0.439. The fourth-order valence-corrected chi connectivity index (χ4v) is 2.60. The highest BCUT2D eigenvalue weighted by molar-refractivity contribution is 5.97. The largest absolute Gasteiger partial charge is 0.363 e. The Morgan fingerprint density at radius 3 is 2.42 bits per heavy atom. The lowest BCUT2D eigenvalue weighted by molar-refractivity contribution is -0.117. The van der Waals surface area contributed by atoms with Crippen molar-refractivity contribution in [2.45, 2.75) is 13.0 Å². The molecule has 0 heterocycles. The van der Waals surface area contributed by atoms with Crippen LogP contribution in [-0.2, 0) is 4.79 Å². The zero-order valence-electron chi connectivity index (χ0n) is 13.7. The second kappa shape index (κ2) is 6.71. The Bertz CT molecular complexity index is 878. The molecule has 0 fully saturated rings. The molecule has 0 spiro atoms. The molecule has 0 aliphatic rings. The first kappa shape index (κ1) is 16.0. The van der Waals surface area contributed by atoms with Gasteiger partial charge in [0.15, 0.2) is 0 Å². The summed E-state index contributed by atoms with van der Waals surface area (Å²) >= 11 is 0. The van der Waals surface area contributed by atoms with Crippen molar-refractivity contribution in [3.8, 4) is 0 Å². The third kappa shape index (κ3) is 3.23. The number of rotatable bonds is 4. The first-order chi connectivity index (χ1) is 11.6. The van der Waals surface area contributed by atoms with Crippen LogP contribution in [0.1, 0.15) is 6.92 Å². The topological polar surface area (TPSA) is 32.3 Å². The second-order valence-electron chi connectivity index (χ2n) is 5.79. The molecule has 0 saturated heterocycles. The normalized spacial score (nSPS) is 12.0. The van der Waals surface area contributed by atoms with E-state index in [0.29, 0.717) is 0 Å². The highest BCUT2D eigenvalue weighted by Crippen LogP contribution is 2.23. The number of carbonyl (C=O) groups is 1. The van der Waals surface area contributed by atoms with Gasteiger partial charge in [-0.1, -0.05) is 42.5 Å². The SMILES string of the molecule is C[C@H](C(=O)Nc1ccccc1F)N(C)c1ccc2ccccc2c1. The highest BCUT2D eigenvalue weighted by atomic mass is 19.1. The van der Waals surface area contributed by atoms with Crippen LogP contribution in [-0.4, -0.2) is 19.0 Å². The number of nitrogens with one attached hydrogen (secondary N) is 1. The Morgan fingerprint density at radius 1 is 1.00 bits per heavy atom. The number of likely N-dealkylation sites (N-methyl/N-ethyl adjacent to an activating group) is 1. The van der Waals surface area contributed by atoms with Crippen LogP contribution in [0.25, 0.3) is 10.8 Å². The summed E-state index contributed by atoms with van der Waals surface area (Å²) in [5.74, 6) is -0.692. The van der Waals surface area contributed by atoms with Crippen LogP contribution in [0, 0.1) is 5.82 Å². The fourth-order valence-electron chi connectivity index (χ4n) is 2.60. The van der Waals surface area contributed by atoms with Gasteiger partial charge in [-0.25, -0.2) is 4.39 Å². The van der Waals surface area contributed by atoms with Gasteiger partial charge in [-0.05, 0) is 42.0 Å². The van der Waals surface area contributed by atoms with E-state index in [-0.39, 0.29) is 11.6 Å². The van der Waals surface area contributed by atoms with Crippen LogP contribution >= 0.6 is 0 Å². The molecule has 1 N–H and O–H groups in total. The van der Waals surface area contributed by atoms with Gasteiger partial charge in [0.05, 0.1) is 5.69 Å². The van der Waals surface area contributed by atoms with E-state index in [0.717, 1.165) is 16.5 Å². The van der Waals surface area contributed by atoms with Crippen molar-refractivity contribution in [3.05, 3.63) is 72.5 Å². The van der Waals surface area contributed by atoms with Crippen LogP contribution in [0.5, 0.6) is 0 Å². The minimum absolute atomic E-state index is 0.196. The first-order valence-corrected chi connectivity index (χ1v) is 7.83. The molecule has 122 valence electrons. The third-order valence-corrected chi connectivity index (χ3v) is 4.23. The van der Waals surface area contributed by atoms with Crippen LogP contribution in [0.3, 0.4) is 0 Å². The summed E-state index contributed by atoms with van der Waals surface area (Å²) in [6.07, 6.45) is 0. The van der Waals surface area contributed by atoms with Crippen molar-refractivity contribution in [2.75, 3.05) is 17.3 Å². The predicted molar refractivity (Wildman–Crippen MR) is 96.8 cm³/mol. The Balaban J connectivity index is 1.78. The quantitative estimate of drug-likeness (QED) is 0.770. The average Bonchev–Trinajstić information content (AvgIpc) is 2.62. The number of nitrogens with zero attached hydrogens (tertiary/aromatic N) is 1. The van der Waals surface area contributed by atoms with Crippen LogP contribution < -0.4 is 10.2 Å². The number of carbonyl (C=O) groups excluding carboxylic acids is 1. The molecule has 0 aromatic heterocycles. The van der Waals surface area contributed by atoms with E-state index >= 15 is 0 Å². The van der Waals surface area contributed by atoms with Gasteiger partial charge in [0, 0.05) is 12.7 Å². The van der Waals surface area contributed by atoms with Crippen LogP contribution in [0.15, 0.2) is 66.7 Å².